The molecule has 1 nitrogen and oxygen atoms in total. The van der Waals surface area contributed by atoms with E-state index in [1.165, 1.54) is 23.5 Å². The Hall–Kier alpha value is -0.470. The molecule has 0 aliphatic heterocycles. The molecule has 0 saturated carbocycles. The van der Waals surface area contributed by atoms with Crippen LogP contribution in [0.2, 0.25) is 0 Å². The second-order valence-electron chi connectivity index (χ2n) is 3.01. The summed E-state index contributed by atoms with van der Waals surface area (Å²) in [5.41, 5.74) is 5.42. The Balaban J connectivity index is 2.07. The second-order valence-corrected chi connectivity index (χ2v) is 4.18. The summed E-state index contributed by atoms with van der Waals surface area (Å²) >= 11 is 1.93. The number of nitrogens with two attached hydrogens (primary N) is 1. The standard InChI is InChI=1S/C11H17NS/c12-9-5-2-6-10-13-11-7-3-1-4-8-11/h1,3-4,7-8H,2,5-6,9-10,12H2. The minimum Gasteiger partial charge on any atom is -0.330 e. The minimum absolute atomic E-state index is 0.829. The molecule has 0 spiro atoms. The highest BCUT2D eigenvalue weighted by Crippen LogP contribution is 2.18. The van der Waals surface area contributed by atoms with Gasteiger partial charge in [-0.1, -0.05) is 24.6 Å². The van der Waals surface area contributed by atoms with E-state index in [1.54, 1.807) is 0 Å². The van der Waals surface area contributed by atoms with Crippen LogP contribution in [-0.2, 0) is 0 Å². The smallest absolute Gasteiger partial charge is 0.00719 e. The number of hydrogen-bond acceptors (Lipinski definition) is 2. The lowest BCUT2D eigenvalue weighted by molar-refractivity contribution is 0.732. The van der Waals surface area contributed by atoms with Gasteiger partial charge in [0.05, 0.1) is 0 Å². The van der Waals surface area contributed by atoms with Gasteiger partial charge in [0.25, 0.3) is 0 Å². The summed E-state index contributed by atoms with van der Waals surface area (Å²) in [6.45, 7) is 0.829. The van der Waals surface area contributed by atoms with Crippen LogP contribution in [0.3, 0.4) is 0 Å². The van der Waals surface area contributed by atoms with E-state index in [-0.39, 0.29) is 0 Å². The van der Waals surface area contributed by atoms with Crippen LogP contribution in [0.15, 0.2) is 35.2 Å². The van der Waals surface area contributed by atoms with Crippen LogP contribution in [0, 0.1) is 0 Å². The third kappa shape index (κ3) is 4.96. The lowest BCUT2D eigenvalue weighted by Gasteiger charge is -2.00. The lowest BCUT2D eigenvalue weighted by atomic mass is 10.2. The number of hydrogen-bond donors (Lipinski definition) is 1. The van der Waals surface area contributed by atoms with Crippen LogP contribution in [0.1, 0.15) is 19.3 Å². The van der Waals surface area contributed by atoms with E-state index < -0.39 is 0 Å². The summed E-state index contributed by atoms with van der Waals surface area (Å²) in [5, 5.41) is 0. The van der Waals surface area contributed by atoms with Gasteiger partial charge in [-0.2, -0.15) is 0 Å². The summed E-state index contributed by atoms with van der Waals surface area (Å²) in [7, 11) is 0. The summed E-state index contributed by atoms with van der Waals surface area (Å²) in [6.07, 6.45) is 3.70. The van der Waals surface area contributed by atoms with Crippen molar-refractivity contribution >= 4 is 11.8 Å². The van der Waals surface area contributed by atoms with Gasteiger partial charge in [0, 0.05) is 4.90 Å². The fourth-order valence-electron chi connectivity index (χ4n) is 1.13. The number of thioether (sulfide) groups is 1. The Morgan fingerprint density at radius 2 is 1.77 bits per heavy atom. The molecule has 2 N–H and O–H groups in total. The van der Waals surface area contributed by atoms with E-state index >= 15 is 0 Å². The van der Waals surface area contributed by atoms with Crippen LogP contribution in [0.4, 0.5) is 0 Å². The number of benzene rings is 1. The molecule has 1 aromatic rings. The predicted molar refractivity (Wildman–Crippen MR) is 60.1 cm³/mol. The summed E-state index contributed by atoms with van der Waals surface area (Å²) in [4.78, 5) is 1.37. The summed E-state index contributed by atoms with van der Waals surface area (Å²) in [5.74, 6) is 1.21. The SMILES string of the molecule is NCCCCCSc1ccccc1. The van der Waals surface area contributed by atoms with Crippen LogP contribution in [0.5, 0.6) is 0 Å². The van der Waals surface area contributed by atoms with Crippen molar-refractivity contribution in [3.63, 3.8) is 0 Å². The molecule has 72 valence electrons. The Labute approximate surface area is 84.7 Å². The molecule has 1 aromatic carbocycles. The Morgan fingerprint density at radius 1 is 1.00 bits per heavy atom. The van der Waals surface area contributed by atoms with Gasteiger partial charge < -0.3 is 5.73 Å². The van der Waals surface area contributed by atoms with E-state index in [2.05, 4.69) is 30.3 Å². The molecule has 0 radical (unpaired) electrons. The normalized spacial score (nSPS) is 10.2. The van der Waals surface area contributed by atoms with Gasteiger partial charge in [-0.3, -0.25) is 0 Å². The molecule has 0 fully saturated rings. The average Bonchev–Trinajstić information content (AvgIpc) is 2.19. The van der Waals surface area contributed by atoms with Crippen molar-refractivity contribution < 1.29 is 0 Å². The molecule has 13 heavy (non-hydrogen) atoms. The predicted octanol–water partition coefficient (Wildman–Crippen LogP) is 2.91. The van der Waals surface area contributed by atoms with Gasteiger partial charge in [-0.05, 0) is 37.3 Å². The zero-order valence-electron chi connectivity index (χ0n) is 7.91. The maximum absolute atomic E-state index is 5.42. The summed E-state index contributed by atoms with van der Waals surface area (Å²) in [6, 6.07) is 10.5. The van der Waals surface area contributed by atoms with Crippen LogP contribution < -0.4 is 5.73 Å². The van der Waals surface area contributed by atoms with Crippen molar-refractivity contribution in [2.45, 2.75) is 24.2 Å². The van der Waals surface area contributed by atoms with Crippen LogP contribution in [-0.4, -0.2) is 12.3 Å². The van der Waals surface area contributed by atoms with E-state index in [4.69, 9.17) is 5.73 Å². The molecule has 0 amide bonds. The zero-order chi connectivity index (χ0) is 9.36. The van der Waals surface area contributed by atoms with Gasteiger partial charge in [0.15, 0.2) is 0 Å². The molecule has 0 aliphatic carbocycles. The van der Waals surface area contributed by atoms with E-state index in [9.17, 15) is 0 Å². The maximum Gasteiger partial charge on any atom is 0.00719 e. The Kier molecular flexibility index (Phi) is 5.70. The maximum atomic E-state index is 5.42. The monoisotopic (exact) mass is 195 g/mol. The van der Waals surface area contributed by atoms with Crippen molar-refractivity contribution in [1.82, 2.24) is 0 Å². The van der Waals surface area contributed by atoms with Crippen molar-refractivity contribution in [2.24, 2.45) is 5.73 Å². The molecule has 0 heterocycles. The topological polar surface area (TPSA) is 26.0 Å². The Bertz CT molecular complexity index is 211. The van der Waals surface area contributed by atoms with Crippen molar-refractivity contribution in [1.29, 1.82) is 0 Å². The molecule has 0 aromatic heterocycles. The van der Waals surface area contributed by atoms with Gasteiger partial charge >= 0.3 is 0 Å². The highest BCUT2D eigenvalue weighted by Gasteiger charge is 1.91. The molecular weight excluding hydrogens is 178 g/mol. The zero-order valence-corrected chi connectivity index (χ0v) is 8.72. The number of unbranched alkanes of at least 4 members (excludes halogenated alkanes) is 2. The first kappa shape index (κ1) is 10.6. The molecule has 1 rings (SSSR count). The first-order valence-corrected chi connectivity index (χ1v) is 5.80. The molecule has 0 atom stereocenters. The van der Waals surface area contributed by atoms with Gasteiger partial charge in [-0.15, -0.1) is 11.8 Å². The van der Waals surface area contributed by atoms with E-state index in [1.807, 2.05) is 11.8 Å². The highest BCUT2D eigenvalue weighted by molar-refractivity contribution is 7.99. The quantitative estimate of drug-likeness (QED) is 0.558. The first-order valence-electron chi connectivity index (χ1n) is 4.81. The highest BCUT2D eigenvalue weighted by atomic mass is 32.2. The molecule has 2 heteroatoms. The third-order valence-corrected chi connectivity index (χ3v) is 2.96. The minimum atomic E-state index is 0.829. The Morgan fingerprint density at radius 3 is 2.46 bits per heavy atom. The van der Waals surface area contributed by atoms with Crippen LogP contribution >= 0.6 is 11.8 Å². The van der Waals surface area contributed by atoms with Gasteiger partial charge in [0.1, 0.15) is 0 Å². The van der Waals surface area contributed by atoms with E-state index in [0.29, 0.717) is 0 Å². The van der Waals surface area contributed by atoms with Gasteiger partial charge in [-0.25, -0.2) is 0 Å². The third-order valence-electron chi connectivity index (χ3n) is 1.86. The molecule has 0 saturated heterocycles. The fraction of sp³-hybridized carbons (Fsp3) is 0.455. The van der Waals surface area contributed by atoms with Gasteiger partial charge in [0.2, 0.25) is 0 Å². The molecule has 0 bridgehead atoms. The first-order chi connectivity index (χ1) is 6.43. The van der Waals surface area contributed by atoms with Crippen molar-refractivity contribution in [2.75, 3.05) is 12.3 Å². The fourth-order valence-corrected chi connectivity index (χ4v) is 2.06. The largest absolute Gasteiger partial charge is 0.330 e. The molecular formula is C11H17NS. The van der Waals surface area contributed by atoms with Crippen LogP contribution in [0.25, 0.3) is 0 Å². The number of rotatable bonds is 6. The van der Waals surface area contributed by atoms with Crippen molar-refractivity contribution in [3.05, 3.63) is 30.3 Å². The summed E-state index contributed by atoms with van der Waals surface area (Å²) < 4.78 is 0. The molecule has 0 unspecified atom stereocenters. The average molecular weight is 195 g/mol. The van der Waals surface area contributed by atoms with Crippen molar-refractivity contribution in [3.8, 4) is 0 Å². The molecule has 0 aliphatic rings. The van der Waals surface area contributed by atoms with E-state index in [0.717, 1.165) is 13.0 Å². The second kappa shape index (κ2) is 6.98. The lowest BCUT2D eigenvalue weighted by Crippen LogP contribution is -1.97.